The minimum absolute atomic E-state index is 0.0229. The van der Waals surface area contributed by atoms with Crippen molar-refractivity contribution in [1.82, 2.24) is 9.97 Å². The highest BCUT2D eigenvalue weighted by Crippen LogP contribution is 2.33. The lowest BCUT2D eigenvalue weighted by molar-refractivity contribution is -0.117. The van der Waals surface area contributed by atoms with E-state index in [-0.39, 0.29) is 29.9 Å². The minimum Gasteiger partial charge on any atom is -0.492 e. The molecule has 1 amide bonds. The second kappa shape index (κ2) is 9.12. The number of pyridine rings is 2. The summed E-state index contributed by atoms with van der Waals surface area (Å²) < 4.78 is 5.45. The van der Waals surface area contributed by atoms with Gasteiger partial charge in [0.1, 0.15) is 18.0 Å². The number of carbonyl (C=O) groups is 2. The number of ketones is 1. The first-order valence-corrected chi connectivity index (χ1v) is 9.45. The standard InChI is InChI=1S/C20H23N7O3/c1-3-15(28)13-9-24-16(27-20(29)11-4-5-11)8-14(13)26-19-17(30-2)12(6-7-23-19)18(22)25-10-21/h6-11H,3-5H2,1-2H3,(H3,21,22,25)(H2,23,24,26,27,29). The first-order valence-electron chi connectivity index (χ1n) is 9.45. The van der Waals surface area contributed by atoms with Gasteiger partial charge in [-0.3, -0.25) is 15.0 Å². The fourth-order valence-corrected chi connectivity index (χ4v) is 2.83. The maximum Gasteiger partial charge on any atom is 0.228 e. The van der Waals surface area contributed by atoms with Gasteiger partial charge >= 0.3 is 0 Å². The smallest absolute Gasteiger partial charge is 0.228 e. The average Bonchev–Trinajstić information content (AvgIpc) is 3.59. The number of Topliss-reactive ketones (excluding diaryl/α,β-unsaturated/α-hetero) is 1. The summed E-state index contributed by atoms with van der Waals surface area (Å²) in [7, 11) is 1.45. The van der Waals surface area contributed by atoms with Crippen molar-refractivity contribution in [3.05, 3.63) is 35.7 Å². The summed E-state index contributed by atoms with van der Waals surface area (Å²) in [6, 6.07) is 3.20. The molecule has 10 nitrogen and oxygen atoms in total. The normalized spacial score (nSPS) is 13.5. The zero-order valence-electron chi connectivity index (χ0n) is 16.7. The molecule has 0 saturated heterocycles. The number of aromatic nitrogens is 2. The largest absolute Gasteiger partial charge is 0.492 e. The summed E-state index contributed by atoms with van der Waals surface area (Å²) in [5.74, 6) is 0.840. The fraction of sp³-hybridized carbons (Fsp3) is 0.300. The third kappa shape index (κ3) is 4.59. The first kappa shape index (κ1) is 20.9. The molecule has 0 spiro atoms. The fourth-order valence-electron chi connectivity index (χ4n) is 2.83. The van der Waals surface area contributed by atoms with E-state index in [1.165, 1.54) is 19.5 Å². The van der Waals surface area contributed by atoms with E-state index in [0.717, 1.165) is 19.2 Å². The van der Waals surface area contributed by atoms with Crippen LogP contribution >= 0.6 is 0 Å². The molecule has 0 atom stereocenters. The van der Waals surface area contributed by atoms with Crippen LogP contribution in [-0.2, 0) is 4.79 Å². The minimum atomic E-state index is -0.120. The van der Waals surface area contributed by atoms with E-state index in [9.17, 15) is 9.59 Å². The lowest BCUT2D eigenvalue weighted by atomic mass is 10.1. The van der Waals surface area contributed by atoms with Crippen molar-refractivity contribution in [3.8, 4) is 5.75 Å². The molecule has 1 aliphatic rings. The number of nitrogens with two attached hydrogens (primary N) is 1. The van der Waals surface area contributed by atoms with Gasteiger partial charge in [0.2, 0.25) is 5.91 Å². The molecule has 2 heterocycles. The monoisotopic (exact) mass is 409 g/mol. The van der Waals surface area contributed by atoms with Gasteiger partial charge in [0.15, 0.2) is 17.4 Å². The molecular weight excluding hydrogens is 386 g/mol. The van der Waals surface area contributed by atoms with Crippen LogP contribution in [0.3, 0.4) is 0 Å². The van der Waals surface area contributed by atoms with Crippen molar-refractivity contribution in [2.75, 3.05) is 17.7 Å². The van der Waals surface area contributed by atoms with E-state index in [1.807, 2.05) is 0 Å². The van der Waals surface area contributed by atoms with Crippen molar-refractivity contribution < 1.29 is 14.3 Å². The molecule has 2 aromatic heterocycles. The number of anilines is 3. The zero-order chi connectivity index (χ0) is 21.7. The quantitative estimate of drug-likeness (QED) is 0.282. The molecule has 0 aromatic carbocycles. The second-order valence-electron chi connectivity index (χ2n) is 6.66. The highest BCUT2D eigenvalue weighted by Gasteiger charge is 2.30. The van der Waals surface area contributed by atoms with E-state index in [1.54, 1.807) is 19.1 Å². The Morgan fingerprint density at radius 2 is 2.13 bits per heavy atom. The van der Waals surface area contributed by atoms with Crippen LogP contribution in [0.15, 0.2) is 29.5 Å². The van der Waals surface area contributed by atoms with Crippen molar-refractivity contribution in [2.45, 2.75) is 26.2 Å². The Bertz CT molecular complexity index is 1020. The van der Waals surface area contributed by atoms with Crippen LogP contribution in [0.2, 0.25) is 0 Å². The molecule has 5 N–H and O–H groups in total. The van der Waals surface area contributed by atoms with Crippen molar-refractivity contribution in [3.63, 3.8) is 0 Å². The van der Waals surface area contributed by atoms with Crippen molar-refractivity contribution in [2.24, 2.45) is 16.6 Å². The second-order valence-corrected chi connectivity index (χ2v) is 6.66. The van der Waals surface area contributed by atoms with Crippen molar-refractivity contribution in [1.29, 1.82) is 5.41 Å². The summed E-state index contributed by atoms with van der Waals surface area (Å²) >= 11 is 0. The van der Waals surface area contributed by atoms with Gasteiger partial charge in [-0.05, 0) is 18.9 Å². The number of amidine groups is 1. The maximum atomic E-state index is 12.4. The van der Waals surface area contributed by atoms with Gasteiger partial charge in [-0.15, -0.1) is 0 Å². The number of aliphatic imine (C=N–C) groups is 1. The molecule has 156 valence electrons. The zero-order valence-corrected chi connectivity index (χ0v) is 16.7. The third-order valence-electron chi connectivity index (χ3n) is 4.57. The molecule has 0 unspecified atom stereocenters. The number of hydrogen-bond acceptors (Lipinski definition) is 7. The van der Waals surface area contributed by atoms with Crippen LogP contribution in [0, 0.1) is 11.3 Å². The Morgan fingerprint density at radius 1 is 1.37 bits per heavy atom. The van der Waals surface area contributed by atoms with Gasteiger partial charge in [0.05, 0.1) is 23.9 Å². The van der Waals surface area contributed by atoms with Gasteiger partial charge in [0, 0.05) is 30.8 Å². The molecule has 0 radical (unpaired) electrons. The molecule has 1 fully saturated rings. The predicted octanol–water partition coefficient (Wildman–Crippen LogP) is 2.48. The Balaban J connectivity index is 2.00. The highest BCUT2D eigenvalue weighted by atomic mass is 16.5. The molecular formula is C20H23N7O3. The SMILES string of the molecule is CCC(=O)c1cnc(NC(=O)C2CC2)cc1Nc1nccc(C(N)=NC=N)c1OC. The molecule has 3 rings (SSSR count). The molecule has 0 bridgehead atoms. The van der Waals surface area contributed by atoms with Crippen LogP contribution in [0.4, 0.5) is 17.3 Å². The summed E-state index contributed by atoms with van der Waals surface area (Å²) in [6.07, 6.45) is 5.79. The molecule has 30 heavy (non-hydrogen) atoms. The molecule has 10 heteroatoms. The van der Waals surface area contributed by atoms with E-state index >= 15 is 0 Å². The maximum absolute atomic E-state index is 12.4. The number of nitrogens with zero attached hydrogens (tertiary/aromatic N) is 3. The van der Waals surface area contributed by atoms with Crippen LogP contribution in [0.25, 0.3) is 0 Å². The van der Waals surface area contributed by atoms with E-state index in [2.05, 4.69) is 25.6 Å². The molecule has 1 saturated carbocycles. The van der Waals surface area contributed by atoms with E-state index in [4.69, 9.17) is 15.9 Å². The number of carbonyl (C=O) groups excluding carboxylic acids is 2. The van der Waals surface area contributed by atoms with Gasteiger partial charge in [-0.2, -0.15) is 0 Å². The van der Waals surface area contributed by atoms with Gasteiger partial charge < -0.3 is 21.1 Å². The van der Waals surface area contributed by atoms with Crippen LogP contribution in [0.5, 0.6) is 5.75 Å². The summed E-state index contributed by atoms with van der Waals surface area (Å²) in [5, 5.41) is 13.0. The average molecular weight is 409 g/mol. The Morgan fingerprint density at radius 3 is 2.77 bits per heavy atom. The third-order valence-corrected chi connectivity index (χ3v) is 4.57. The van der Waals surface area contributed by atoms with Gasteiger partial charge in [0.25, 0.3) is 0 Å². The number of hydrogen-bond donors (Lipinski definition) is 4. The number of methoxy groups -OCH3 is 1. The number of nitrogens with one attached hydrogen (secondary N) is 3. The van der Waals surface area contributed by atoms with Crippen LogP contribution in [0.1, 0.15) is 42.1 Å². The molecule has 2 aromatic rings. The summed E-state index contributed by atoms with van der Waals surface area (Å²) in [5.41, 5.74) is 7.13. The first-order chi connectivity index (χ1) is 14.5. The number of rotatable bonds is 9. The Labute approximate surface area is 173 Å². The van der Waals surface area contributed by atoms with Gasteiger partial charge in [-0.1, -0.05) is 6.92 Å². The summed E-state index contributed by atoms with van der Waals surface area (Å²) in [6.45, 7) is 1.75. The molecule has 0 aliphatic heterocycles. The van der Waals surface area contributed by atoms with Crippen molar-refractivity contribution >= 4 is 41.2 Å². The van der Waals surface area contributed by atoms with E-state index < -0.39 is 0 Å². The lowest BCUT2D eigenvalue weighted by Gasteiger charge is -2.16. The molecule has 1 aliphatic carbocycles. The predicted molar refractivity (Wildman–Crippen MR) is 114 cm³/mol. The topological polar surface area (TPSA) is 155 Å². The lowest BCUT2D eigenvalue weighted by Crippen LogP contribution is -2.17. The van der Waals surface area contributed by atoms with Crippen LogP contribution in [-0.4, -0.2) is 40.9 Å². The Hall–Kier alpha value is -3.82. The van der Waals surface area contributed by atoms with E-state index in [0.29, 0.717) is 34.2 Å². The number of amides is 1. The number of ether oxygens (including phenoxy) is 1. The highest BCUT2D eigenvalue weighted by molar-refractivity contribution is 6.05. The van der Waals surface area contributed by atoms with Gasteiger partial charge in [-0.25, -0.2) is 15.0 Å². The Kier molecular flexibility index (Phi) is 6.35. The summed E-state index contributed by atoms with van der Waals surface area (Å²) in [4.78, 5) is 36.7. The van der Waals surface area contributed by atoms with Crippen LogP contribution < -0.4 is 21.1 Å².